The quantitative estimate of drug-likeness (QED) is 0.826. The monoisotopic (exact) mass is 405 g/mol. The lowest BCUT2D eigenvalue weighted by Crippen LogP contribution is -2.35. The third kappa shape index (κ3) is 3.66. The highest BCUT2D eigenvalue weighted by molar-refractivity contribution is 7.89. The van der Waals surface area contributed by atoms with E-state index in [9.17, 15) is 13.2 Å². The van der Waals surface area contributed by atoms with Crippen LogP contribution in [0.3, 0.4) is 0 Å². The summed E-state index contributed by atoms with van der Waals surface area (Å²) >= 11 is 1.52. The van der Waals surface area contributed by atoms with Crippen LogP contribution in [0.25, 0.3) is 0 Å². The summed E-state index contributed by atoms with van der Waals surface area (Å²) in [7, 11) is -1.88. The number of anilines is 1. The Balaban J connectivity index is 1.46. The van der Waals surface area contributed by atoms with Crippen molar-refractivity contribution in [1.29, 1.82) is 0 Å². The summed E-state index contributed by atoms with van der Waals surface area (Å²) in [6, 6.07) is 6.22. The van der Waals surface area contributed by atoms with E-state index < -0.39 is 10.0 Å². The fourth-order valence-corrected chi connectivity index (χ4v) is 6.28. The van der Waals surface area contributed by atoms with Gasteiger partial charge in [-0.25, -0.2) is 13.4 Å². The number of aromatic nitrogens is 1. The zero-order valence-corrected chi connectivity index (χ0v) is 16.9. The van der Waals surface area contributed by atoms with Gasteiger partial charge in [0.1, 0.15) is 0 Å². The molecule has 1 fully saturated rings. The predicted molar refractivity (Wildman–Crippen MR) is 106 cm³/mol. The van der Waals surface area contributed by atoms with Gasteiger partial charge in [0.15, 0.2) is 5.13 Å². The normalized spacial score (nSPS) is 17.4. The SMILES string of the molecule is CN(C1CCCC1)S(=O)(=O)c1ccc(C(=O)Nc2nc3c(s2)CCC3)cc1. The number of thiazole rings is 1. The molecule has 8 heteroatoms. The minimum atomic E-state index is -3.53. The number of benzene rings is 1. The first kappa shape index (κ1) is 18.6. The first-order valence-corrected chi connectivity index (χ1v) is 11.6. The van der Waals surface area contributed by atoms with Crippen LogP contribution in [0.4, 0.5) is 5.13 Å². The molecule has 144 valence electrons. The topological polar surface area (TPSA) is 79.4 Å². The molecule has 1 saturated carbocycles. The molecule has 0 atom stereocenters. The van der Waals surface area contributed by atoms with E-state index in [-0.39, 0.29) is 16.8 Å². The smallest absolute Gasteiger partial charge is 0.257 e. The number of sulfonamides is 1. The van der Waals surface area contributed by atoms with E-state index in [4.69, 9.17) is 0 Å². The average molecular weight is 406 g/mol. The van der Waals surface area contributed by atoms with Crippen molar-refractivity contribution in [3.05, 3.63) is 40.4 Å². The molecule has 0 aliphatic heterocycles. The number of carbonyl (C=O) groups is 1. The maximum absolute atomic E-state index is 12.8. The number of carbonyl (C=O) groups excluding carboxylic acids is 1. The molecule has 27 heavy (non-hydrogen) atoms. The Morgan fingerprint density at radius 1 is 1.15 bits per heavy atom. The molecule has 0 spiro atoms. The maximum Gasteiger partial charge on any atom is 0.257 e. The van der Waals surface area contributed by atoms with Crippen molar-refractivity contribution in [2.45, 2.75) is 55.9 Å². The third-order valence-electron chi connectivity index (χ3n) is 5.45. The van der Waals surface area contributed by atoms with Crippen LogP contribution in [0.2, 0.25) is 0 Å². The zero-order valence-electron chi connectivity index (χ0n) is 15.3. The molecular weight excluding hydrogens is 382 g/mol. The van der Waals surface area contributed by atoms with Gasteiger partial charge in [0.2, 0.25) is 10.0 Å². The Morgan fingerprint density at radius 2 is 1.85 bits per heavy atom. The summed E-state index contributed by atoms with van der Waals surface area (Å²) in [4.78, 5) is 18.4. The molecule has 0 unspecified atom stereocenters. The number of nitrogens with zero attached hydrogens (tertiary/aromatic N) is 2. The highest BCUT2D eigenvalue weighted by Gasteiger charge is 2.30. The minimum Gasteiger partial charge on any atom is -0.298 e. The molecule has 0 bridgehead atoms. The number of aryl methyl sites for hydroxylation is 2. The van der Waals surface area contributed by atoms with Crippen molar-refractivity contribution >= 4 is 32.4 Å². The Kier molecular flexibility index (Phi) is 5.05. The van der Waals surface area contributed by atoms with E-state index in [1.807, 2.05) is 0 Å². The Hall–Kier alpha value is -1.77. The van der Waals surface area contributed by atoms with Gasteiger partial charge in [0.05, 0.1) is 10.6 Å². The molecular formula is C19H23N3O3S2. The van der Waals surface area contributed by atoms with Crippen molar-refractivity contribution in [2.24, 2.45) is 0 Å². The van der Waals surface area contributed by atoms with Crippen LogP contribution in [0, 0.1) is 0 Å². The van der Waals surface area contributed by atoms with Crippen molar-refractivity contribution in [1.82, 2.24) is 9.29 Å². The van der Waals surface area contributed by atoms with Crippen LogP contribution in [-0.2, 0) is 22.9 Å². The third-order valence-corrected chi connectivity index (χ3v) is 8.45. The second-order valence-corrected chi connectivity index (χ2v) is 10.3. The molecule has 1 aromatic carbocycles. The molecule has 2 aromatic rings. The standard InChI is InChI=1S/C19H23N3O3S2/c1-22(14-5-2-3-6-14)27(24,25)15-11-9-13(10-12-15)18(23)21-19-20-16-7-4-8-17(16)26-19/h9-12,14H,2-8H2,1H3,(H,20,21,23). The predicted octanol–water partition coefficient (Wildman–Crippen LogP) is 3.45. The highest BCUT2D eigenvalue weighted by atomic mass is 32.2. The number of fused-ring (bicyclic) bond motifs is 1. The van der Waals surface area contributed by atoms with E-state index in [1.54, 1.807) is 19.2 Å². The van der Waals surface area contributed by atoms with Crippen molar-refractivity contribution in [3.63, 3.8) is 0 Å². The van der Waals surface area contributed by atoms with Crippen molar-refractivity contribution in [2.75, 3.05) is 12.4 Å². The van der Waals surface area contributed by atoms with E-state index in [0.717, 1.165) is 50.6 Å². The van der Waals surface area contributed by atoms with E-state index in [1.165, 1.54) is 32.7 Å². The molecule has 1 N–H and O–H groups in total. The van der Waals surface area contributed by atoms with Gasteiger partial charge in [-0.05, 0) is 56.4 Å². The van der Waals surface area contributed by atoms with Gasteiger partial charge in [-0.15, -0.1) is 11.3 Å². The van der Waals surface area contributed by atoms with Crippen LogP contribution in [0.15, 0.2) is 29.2 Å². The van der Waals surface area contributed by atoms with Crippen LogP contribution in [0.1, 0.15) is 53.0 Å². The summed E-state index contributed by atoms with van der Waals surface area (Å²) in [6.45, 7) is 0. The van der Waals surface area contributed by atoms with Gasteiger partial charge in [0, 0.05) is 23.5 Å². The lowest BCUT2D eigenvalue weighted by molar-refractivity contribution is 0.102. The second kappa shape index (κ2) is 7.33. The summed E-state index contributed by atoms with van der Waals surface area (Å²) in [6.07, 6.45) is 7.11. The molecule has 2 aliphatic rings. The molecule has 0 radical (unpaired) electrons. The van der Waals surface area contributed by atoms with Gasteiger partial charge < -0.3 is 0 Å². The van der Waals surface area contributed by atoms with Crippen LogP contribution < -0.4 is 5.32 Å². The summed E-state index contributed by atoms with van der Waals surface area (Å²) in [5, 5.41) is 3.44. The van der Waals surface area contributed by atoms with Gasteiger partial charge in [0.25, 0.3) is 5.91 Å². The zero-order chi connectivity index (χ0) is 19.0. The molecule has 6 nitrogen and oxygen atoms in total. The molecule has 2 aliphatic carbocycles. The van der Waals surface area contributed by atoms with Gasteiger partial charge in [-0.1, -0.05) is 12.8 Å². The number of hydrogen-bond donors (Lipinski definition) is 1. The van der Waals surface area contributed by atoms with Crippen LogP contribution in [-0.4, -0.2) is 36.7 Å². The van der Waals surface area contributed by atoms with Crippen molar-refractivity contribution < 1.29 is 13.2 Å². The number of rotatable bonds is 5. The Bertz CT molecular complexity index is 924. The summed E-state index contributed by atoms with van der Waals surface area (Å²) in [5.41, 5.74) is 1.51. The fraction of sp³-hybridized carbons (Fsp3) is 0.474. The van der Waals surface area contributed by atoms with Gasteiger partial charge in [-0.2, -0.15) is 4.31 Å². The van der Waals surface area contributed by atoms with Crippen molar-refractivity contribution in [3.8, 4) is 0 Å². The molecule has 1 aromatic heterocycles. The molecule has 0 saturated heterocycles. The van der Waals surface area contributed by atoms with Gasteiger partial charge >= 0.3 is 0 Å². The maximum atomic E-state index is 12.8. The first-order chi connectivity index (χ1) is 12.9. The van der Waals surface area contributed by atoms with E-state index in [2.05, 4.69) is 10.3 Å². The largest absolute Gasteiger partial charge is 0.298 e. The number of nitrogens with one attached hydrogen (secondary N) is 1. The second-order valence-electron chi connectivity index (χ2n) is 7.18. The lowest BCUT2D eigenvalue weighted by atomic mass is 10.2. The number of amides is 1. The first-order valence-electron chi connectivity index (χ1n) is 9.33. The number of hydrogen-bond acceptors (Lipinski definition) is 5. The highest BCUT2D eigenvalue weighted by Crippen LogP contribution is 2.31. The van der Waals surface area contributed by atoms with E-state index >= 15 is 0 Å². The fourth-order valence-electron chi connectivity index (χ4n) is 3.82. The molecule has 4 rings (SSSR count). The molecule has 1 heterocycles. The van der Waals surface area contributed by atoms with Gasteiger partial charge in [-0.3, -0.25) is 10.1 Å². The average Bonchev–Trinajstić information content (AvgIpc) is 3.38. The molecule has 1 amide bonds. The summed E-state index contributed by atoms with van der Waals surface area (Å²) in [5.74, 6) is -0.268. The lowest BCUT2D eigenvalue weighted by Gasteiger charge is -2.23. The summed E-state index contributed by atoms with van der Waals surface area (Å²) < 4.78 is 27.1. The minimum absolute atomic E-state index is 0.0739. The Morgan fingerprint density at radius 3 is 2.52 bits per heavy atom. The van der Waals surface area contributed by atoms with Crippen LogP contribution >= 0.6 is 11.3 Å². The Labute approximate surface area is 163 Å². The van der Waals surface area contributed by atoms with E-state index in [0.29, 0.717) is 10.7 Å². The van der Waals surface area contributed by atoms with Crippen LogP contribution in [0.5, 0.6) is 0 Å².